The lowest BCUT2D eigenvalue weighted by Crippen LogP contribution is -2.32. The van der Waals surface area contributed by atoms with Crippen LogP contribution in [-0.4, -0.2) is 0 Å². The minimum Gasteiger partial charge on any atom is -0.454 e. The number of fused-ring (bicyclic) bond motifs is 14. The van der Waals surface area contributed by atoms with Gasteiger partial charge in [0.15, 0.2) is 5.58 Å². The summed E-state index contributed by atoms with van der Waals surface area (Å²) in [6.07, 6.45) is 0. The maximum absolute atomic E-state index is 6.46. The van der Waals surface area contributed by atoms with Gasteiger partial charge < -0.3 is 9.32 Å². The molecule has 1 aliphatic heterocycles. The molecule has 0 saturated carbocycles. The van der Waals surface area contributed by atoms with Gasteiger partial charge in [-0.2, -0.15) is 0 Å². The molecule has 0 fully saturated rings. The summed E-state index contributed by atoms with van der Waals surface area (Å²) in [5, 5.41) is 2.32. The fourth-order valence-electron chi connectivity index (χ4n) is 8.35. The molecule has 4 heteroatoms. The average molecular weight is 662 g/mol. The van der Waals surface area contributed by atoms with Crippen LogP contribution in [0.3, 0.4) is 0 Å². The van der Waals surface area contributed by atoms with E-state index in [0.717, 1.165) is 33.6 Å². The molecule has 11 rings (SSSR count). The lowest BCUT2D eigenvalue weighted by molar-refractivity contribution is 0.673. The predicted molar refractivity (Wildman–Crippen MR) is 205 cm³/mol. The number of para-hydroxylation sites is 1. The molecule has 0 saturated heterocycles. The zero-order valence-corrected chi connectivity index (χ0v) is 27.9. The first-order chi connectivity index (χ1) is 24.3. The van der Waals surface area contributed by atoms with Crippen LogP contribution < -0.4 is 4.90 Å². The average Bonchev–Trinajstić information content (AvgIpc) is 3.80. The summed E-state index contributed by atoms with van der Waals surface area (Å²) in [4.78, 5) is 4.97. The summed E-state index contributed by atoms with van der Waals surface area (Å²) >= 11 is 3.69. The summed E-state index contributed by atoms with van der Waals surface area (Å²) in [5.41, 5.74) is 12.9. The molecule has 0 unspecified atom stereocenters. The van der Waals surface area contributed by atoms with Gasteiger partial charge in [0.1, 0.15) is 5.58 Å². The Morgan fingerprint density at radius 2 is 1.10 bits per heavy atom. The van der Waals surface area contributed by atoms with E-state index in [1.807, 2.05) is 11.8 Å². The van der Waals surface area contributed by atoms with Gasteiger partial charge >= 0.3 is 0 Å². The van der Waals surface area contributed by atoms with E-state index >= 15 is 0 Å². The van der Waals surface area contributed by atoms with Crippen molar-refractivity contribution < 1.29 is 4.42 Å². The van der Waals surface area contributed by atoms with Gasteiger partial charge in [-0.3, -0.25) is 0 Å². The second kappa shape index (κ2) is 10.2. The Morgan fingerprint density at radius 1 is 0.469 bits per heavy atom. The number of benzene rings is 7. The summed E-state index contributed by atoms with van der Waals surface area (Å²) in [6, 6.07) is 60.0. The molecule has 2 aliphatic rings. The molecule has 1 aliphatic carbocycles. The highest BCUT2D eigenvalue weighted by molar-refractivity contribution is 7.99. The van der Waals surface area contributed by atoms with Crippen LogP contribution >= 0.6 is 23.1 Å². The largest absolute Gasteiger partial charge is 0.454 e. The molecule has 0 atom stereocenters. The Morgan fingerprint density at radius 3 is 1.92 bits per heavy atom. The Labute approximate surface area is 291 Å². The number of anilines is 3. The second-order valence-electron chi connectivity index (χ2n) is 12.8. The first-order valence-electron chi connectivity index (χ1n) is 16.6. The zero-order valence-electron chi connectivity index (χ0n) is 26.3. The van der Waals surface area contributed by atoms with E-state index in [-0.39, 0.29) is 5.41 Å². The molecule has 3 heterocycles. The number of nitrogens with zero attached hydrogens (tertiary/aromatic N) is 1. The van der Waals surface area contributed by atoms with Crippen molar-refractivity contribution in [2.45, 2.75) is 15.2 Å². The molecule has 0 amide bonds. The summed E-state index contributed by atoms with van der Waals surface area (Å²) in [5.74, 6) is 0. The summed E-state index contributed by atoms with van der Waals surface area (Å²) in [6.45, 7) is 0. The third kappa shape index (κ3) is 3.73. The van der Waals surface area contributed by atoms with Gasteiger partial charge in [0, 0.05) is 42.3 Å². The first kappa shape index (κ1) is 27.4. The van der Waals surface area contributed by atoms with E-state index in [9.17, 15) is 0 Å². The molecule has 0 radical (unpaired) electrons. The van der Waals surface area contributed by atoms with Crippen LogP contribution in [0.15, 0.2) is 178 Å². The van der Waals surface area contributed by atoms with Crippen molar-refractivity contribution in [3.8, 4) is 11.1 Å². The zero-order chi connectivity index (χ0) is 32.1. The normalized spacial score (nSPS) is 13.8. The quantitative estimate of drug-likeness (QED) is 0.187. The fourth-order valence-corrected chi connectivity index (χ4v) is 10.7. The molecule has 2 nitrogen and oxygen atoms in total. The highest BCUT2D eigenvalue weighted by atomic mass is 32.2. The number of furan rings is 1. The molecule has 7 aromatic carbocycles. The smallest absolute Gasteiger partial charge is 0.154 e. The van der Waals surface area contributed by atoms with Crippen molar-refractivity contribution in [2.24, 2.45) is 0 Å². The summed E-state index contributed by atoms with van der Waals surface area (Å²) < 4.78 is 8.91. The van der Waals surface area contributed by atoms with Crippen LogP contribution in [0, 0.1) is 0 Å². The summed E-state index contributed by atoms with van der Waals surface area (Å²) in [7, 11) is 0. The minimum atomic E-state index is -0.386. The van der Waals surface area contributed by atoms with Gasteiger partial charge in [-0.25, -0.2) is 0 Å². The first-order valence-corrected chi connectivity index (χ1v) is 18.2. The van der Waals surface area contributed by atoms with E-state index in [2.05, 4.69) is 169 Å². The molecule has 9 aromatic rings. The number of hydrogen-bond acceptors (Lipinski definition) is 4. The Balaban J connectivity index is 1.15. The van der Waals surface area contributed by atoms with Crippen LogP contribution in [0.25, 0.3) is 42.5 Å². The predicted octanol–water partition coefficient (Wildman–Crippen LogP) is 13.1. The molecule has 230 valence electrons. The molecular weight excluding hydrogens is 635 g/mol. The number of thiophene rings is 1. The fraction of sp³-hybridized carbons (Fsp3) is 0.0222. The SMILES string of the molecule is c1ccc(N(c2ccc3c(c2)Sc2ccccc2C32c3ccccc3-c3ccccc32)c2ccc3oc4c5ccccc5sc4c3c2)cc1. The Kier molecular flexibility index (Phi) is 5.72. The second-order valence-corrected chi connectivity index (χ2v) is 15.0. The molecule has 0 bridgehead atoms. The number of rotatable bonds is 3. The van der Waals surface area contributed by atoms with Crippen LogP contribution in [0.4, 0.5) is 17.1 Å². The van der Waals surface area contributed by atoms with Crippen LogP contribution in [0.2, 0.25) is 0 Å². The van der Waals surface area contributed by atoms with Crippen molar-refractivity contribution >= 4 is 71.5 Å². The topological polar surface area (TPSA) is 16.4 Å². The van der Waals surface area contributed by atoms with Crippen molar-refractivity contribution in [3.63, 3.8) is 0 Å². The maximum atomic E-state index is 6.46. The van der Waals surface area contributed by atoms with Crippen LogP contribution in [0.5, 0.6) is 0 Å². The van der Waals surface area contributed by atoms with Crippen molar-refractivity contribution in [3.05, 3.63) is 186 Å². The van der Waals surface area contributed by atoms with Crippen molar-refractivity contribution in [1.29, 1.82) is 0 Å². The highest BCUT2D eigenvalue weighted by Crippen LogP contribution is 2.62. The van der Waals surface area contributed by atoms with Crippen molar-refractivity contribution in [1.82, 2.24) is 0 Å². The van der Waals surface area contributed by atoms with E-state index in [1.54, 1.807) is 11.3 Å². The maximum Gasteiger partial charge on any atom is 0.154 e. The van der Waals surface area contributed by atoms with Crippen molar-refractivity contribution in [2.75, 3.05) is 4.90 Å². The minimum absolute atomic E-state index is 0.386. The standard InChI is InChI=1S/C45H27NOS2/c1-2-12-28(13-3-1)46(29-23-25-39-34(26-29)44-43(47-39)33-16-6-10-20-40(33)49-44)30-22-24-38-42(27-30)48-41-21-11-9-19-37(41)45(38)35-17-7-4-14-31(35)32-15-5-8-18-36(32)45/h1-27H. The highest BCUT2D eigenvalue weighted by Gasteiger charge is 2.50. The molecule has 49 heavy (non-hydrogen) atoms. The molecule has 0 N–H and O–H groups in total. The lowest BCUT2D eigenvalue weighted by Gasteiger charge is -2.40. The Hall–Kier alpha value is -5.55. The Bertz CT molecular complexity index is 2730. The van der Waals surface area contributed by atoms with Gasteiger partial charge in [0.05, 0.1) is 10.1 Å². The van der Waals surface area contributed by atoms with Crippen LogP contribution in [-0.2, 0) is 5.41 Å². The van der Waals surface area contributed by atoms with Crippen LogP contribution in [0.1, 0.15) is 22.3 Å². The van der Waals surface area contributed by atoms with E-state index in [4.69, 9.17) is 4.42 Å². The van der Waals surface area contributed by atoms with Gasteiger partial charge in [0.2, 0.25) is 0 Å². The third-order valence-electron chi connectivity index (χ3n) is 10.3. The molecular formula is C45H27NOS2. The van der Waals surface area contributed by atoms with E-state index in [1.165, 1.54) is 58.0 Å². The molecule has 1 spiro atoms. The lowest BCUT2D eigenvalue weighted by atomic mass is 9.67. The molecule has 2 aromatic heterocycles. The van der Waals surface area contributed by atoms with Gasteiger partial charge in [-0.05, 0) is 94.0 Å². The van der Waals surface area contributed by atoms with Gasteiger partial charge in [-0.1, -0.05) is 115 Å². The van der Waals surface area contributed by atoms with E-state index in [0.29, 0.717) is 0 Å². The monoisotopic (exact) mass is 661 g/mol. The van der Waals surface area contributed by atoms with Gasteiger partial charge in [0.25, 0.3) is 0 Å². The van der Waals surface area contributed by atoms with Gasteiger partial charge in [-0.15, -0.1) is 11.3 Å². The van der Waals surface area contributed by atoms with E-state index < -0.39 is 0 Å². The number of hydrogen-bond donors (Lipinski definition) is 0. The third-order valence-corrected chi connectivity index (χ3v) is 12.7.